The van der Waals surface area contributed by atoms with Crippen molar-refractivity contribution in [2.24, 2.45) is 12.0 Å². The van der Waals surface area contributed by atoms with Crippen LogP contribution in [0.1, 0.15) is 11.6 Å². The van der Waals surface area contributed by atoms with Crippen molar-refractivity contribution < 1.29 is 0 Å². The molecule has 0 aliphatic heterocycles. The van der Waals surface area contributed by atoms with Crippen LogP contribution < -0.4 is 10.6 Å². The van der Waals surface area contributed by atoms with E-state index in [0.717, 1.165) is 34.9 Å². The topological polar surface area (TPSA) is 67.1 Å². The van der Waals surface area contributed by atoms with E-state index >= 15 is 0 Å². The van der Waals surface area contributed by atoms with Crippen molar-refractivity contribution in [3.63, 3.8) is 0 Å². The Balaban J connectivity index is 1.84. The third-order valence-electron chi connectivity index (χ3n) is 3.45. The number of hydrogen-bond acceptors (Lipinski definition) is 4. The van der Waals surface area contributed by atoms with E-state index < -0.39 is 0 Å². The molecule has 0 spiro atoms. The number of halogens is 1. The van der Waals surface area contributed by atoms with Gasteiger partial charge in [0, 0.05) is 35.8 Å². The highest BCUT2D eigenvalue weighted by molar-refractivity contribution is 7.99. The summed E-state index contributed by atoms with van der Waals surface area (Å²) in [6, 6.07) is 7.85. The summed E-state index contributed by atoms with van der Waals surface area (Å²) in [5.41, 5.74) is 0. The number of benzene rings is 1. The third kappa shape index (κ3) is 6.43. The van der Waals surface area contributed by atoms with Crippen molar-refractivity contribution >= 4 is 29.3 Å². The first kappa shape index (κ1) is 19.3. The van der Waals surface area contributed by atoms with Gasteiger partial charge in [-0.25, -0.2) is 4.99 Å². The van der Waals surface area contributed by atoms with E-state index in [-0.39, 0.29) is 0 Å². The van der Waals surface area contributed by atoms with Crippen molar-refractivity contribution in [3.8, 4) is 0 Å². The molecular weight excluding hydrogens is 356 g/mol. The van der Waals surface area contributed by atoms with Crippen LogP contribution in [-0.2, 0) is 13.6 Å². The number of guanidine groups is 1. The van der Waals surface area contributed by atoms with Crippen LogP contribution in [0.25, 0.3) is 0 Å². The Morgan fingerprint density at radius 1 is 1.32 bits per heavy atom. The standard InChI is InChI=1S/C17H23ClN6S/c1-4-9-19-17(21-12-16-23-22-13(2)24(16)3)20-10-11-25-15-7-5-14(18)6-8-15/h4-8H,1,9-12H2,2-3H3,(H2,19,20,21). The molecule has 2 rings (SSSR count). The second-order valence-electron chi connectivity index (χ2n) is 5.29. The SMILES string of the molecule is C=CCNC(=NCc1nnc(C)n1C)NCCSc1ccc(Cl)cc1. The Labute approximate surface area is 157 Å². The van der Waals surface area contributed by atoms with Crippen LogP contribution in [0.3, 0.4) is 0 Å². The molecule has 0 aliphatic rings. The van der Waals surface area contributed by atoms with Gasteiger partial charge in [-0.05, 0) is 31.2 Å². The van der Waals surface area contributed by atoms with Crippen LogP contribution in [-0.4, -0.2) is 39.6 Å². The summed E-state index contributed by atoms with van der Waals surface area (Å²) >= 11 is 7.66. The number of aryl methyl sites for hydroxylation is 1. The highest BCUT2D eigenvalue weighted by Crippen LogP contribution is 2.19. The molecule has 0 amide bonds. The zero-order valence-electron chi connectivity index (χ0n) is 14.5. The predicted molar refractivity (Wildman–Crippen MR) is 105 cm³/mol. The van der Waals surface area contributed by atoms with Gasteiger partial charge < -0.3 is 15.2 Å². The van der Waals surface area contributed by atoms with E-state index in [4.69, 9.17) is 11.6 Å². The Hall–Kier alpha value is -1.99. The fraction of sp³-hybridized carbons (Fsp3) is 0.353. The second-order valence-corrected chi connectivity index (χ2v) is 6.89. The van der Waals surface area contributed by atoms with Crippen molar-refractivity contribution in [3.05, 3.63) is 53.6 Å². The van der Waals surface area contributed by atoms with Gasteiger partial charge >= 0.3 is 0 Å². The minimum Gasteiger partial charge on any atom is -0.356 e. The maximum Gasteiger partial charge on any atom is 0.191 e. The first-order chi connectivity index (χ1) is 12.1. The maximum atomic E-state index is 5.90. The molecule has 1 aromatic heterocycles. The summed E-state index contributed by atoms with van der Waals surface area (Å²) in [6.45, 7) is 7.54. The van der Waals surface area contributed by atoms with E-state index in [2.05, 4.69) is 32.4 Å². The molecule has 0 radical (unpaired) electrons. The van der Waals surface area contributed by atoms with Crippen molar-refractivity contribution in [1.82, 2.24) is 25.4 Å². The van der Waals surface area contributed by atoms with Crippen LogP contribution in [0.2, 0.25) is 5.02 Å². The van der Waals surface area contributed by atoms with Gasteiger partial charge in [-0.15, -0.1) is 28.5 Å². The van der Waals surface area contributed by atoms with Gasteiger partial charge in [0.2, 0.25) is 0 Å². The average Bonchev–Trinajstić information content (AvgIpc) is 2.93. The Bertz CT molecular complexity index is 710. The number of aromatic nitrogens is 3. The van der Waals surface area contributed by atoms with E-state index in [1.807, 2.05) is 42.8 Å². The summed E-state index contributed by atoms with van der Waals surface area (Å²) in [6.07, 6.45) is 1.80. The smallest absolute Gasteiger partial charge is 0.191 e. The second kappa shape index (κ2) is 10.1. The quantitative estimate of drug-likeness (QED) is 0.243. The first-order valence-electron chi connectivity index (χ1n) is 7.96. The molecule has 25 heavy (non-hydrogen) atoms. The summed E-state index contributed by atoms with van der Waals surface area (Å²) < 4.78 is 1.94. The van der Waals surface area contributed by atoms with Gasteiger partial charge in [-0.2, -0.15) is 0 Å². The number of nitrogens with one attached hydrogen (secondary N) is 2. The van der Waals surface area contributed by atoms with Crippen molar-refractivity contribution in [2.75, 3.05) is 18.8 Å². The lowest BCUT2D eigenvalue weighted by molar-refractivity contribution is 0.763. The number of nitrogens with zero attached hydrogens (tertiary/aromatic N) is 4. The number of aliphatic imine (C=N–C) groups is 1. The lowest BCUT2D eigenvalue weighted by atomic mass is 10.4. The summed E-state index contributed by atoms with van der Waals surface area (Å²) in [4.78, 5) is 5.75. The number of rotatable bonds is 8. The van der Waals surface area contributed by atoms with Gasteiger partial charge in [0.05, 0.1) is 0 Å². The zero-order chi connectivity index (χ0) is 18.1. The normalized spacial score (nSPS) is 11.4. The van der Waals surface area contributed by atoms with E-state index in [0.29, 0.717) is 13.1 Å². The van der Waals surface area contributed by atoms with Gasteiger partial charge in [0.1, 0.15) is 12.4 Å². The van der Waals surface area contributed by atoms with E-state index in [1.165, 1.54) is 4.90 Å². The molecule has 0 saturated heterocycles. The molecule has 6 nitrogen and oxygen atoms in total. The molecule has 0 bridgehead atoms. The molecule has 1 aromatic carbocycles. The average molecular weight is 379 g/mol. The highest BCUT2D eigenvalue weighted by Gasteiger charge is 2.05. The zero-order valence-corrected chi connectivity index (χ0v) is 16.1. The number of thioether (sulfide) groups is 1. The molecule has 0 unspecified atom stereocenters. The lowest BCUT2D eigenvalue weighted by Crippen LogP contribution is -2.38. The van der Waals surface area contributed by atoms with Crippen LogP contribution in [0, 0.1) is 6.92 Å². The van der Waals surface area contributed by atoms with Crippen LogP contribution in [0.15, 0.2) is 46.8 Å². The first-order valence-corrected chi connectivity index (χ1v) is 9.33. The van der Waals surface area contributed by atoms with Crippen molar-refractivity contribution in [1.29, 1.82) is 0 Å². The molecule has 0 saturated carbocycles. The molecule has 2 N–H and O–H groups in total. The Morgan fingerprint density at radius 2 is 2.08 bits per heavy atom. The molecule has 1 heterocycles. The Kier molecular flexibility index (Phi) is 7.81. The van der Waals surface area contributed by atoms with Crippen LogP contribution in [0.4, 0.5) is 0 Å². The van der Waals surface area contributed by atoms with E-state index in [9.17, 15) is 0 Å². The van der Waals surface area contributed by atoms with Crippen molar-refractivity contribution in [2.45, 2.75) is 18.4 Å². The largest absolute Gasteiger partial charge is 0.356 e. The monoisotopic (exact) mass is 378 g/mol. The lowest BCUT2D eigenvalue weighted by Gasteiger charge is -2.11. The molecule has 0 atom stereocenters. The predicted octanol–water partition coefficient (Wildman–Crippen LogP) is 2.79. The summed E-state index contributed by atoms with van der Waals surface area (Å²) in [5.74, 6) is 3.35. The maximum absolute atomic E-state index is 5.90. The van der Waals surface area contributed by atoms with Gasteiger partial charge in [0.25, 0.3) is 0 Å². The highest BCUT2D eigenvalue weighted by atomic mass is 35.5. The molecule has 2 aromatic rings. The van der Waals surface area contributed by atoms with E-state index in [1.54, 1.807) is 17.8 Å². The fourth-order valence-electron chi connectivity index (χ4n) is 1.95. The minimum absolute atomic E-state index is 0.466. The molecular formula is C17H23ClN6S. The number of hydrogen-bond donors (Lipinski definition) is 2. The third-order valence-corrected chi connectivity index (χ3v) is 4.72. The molecule has 0 aliphatic carbocycles. The fourth-order valence-corrected chi connectivity index (χ4v) is 2.85. The molecule has 0 fully saturated rings. The van der Waals surface area contributed by atoms with Crippen LogP contribution >= 0.6 is 23.4 Å². The van der Waals surface area contributed by atoms with Gasteiger partial charge in [0.15, 0.2) is 11.8 Å². The van der Waals surface area contributed by atoms with Gasteiger partial charge in [-0.3, -0.25) is 0 Å². The van der Waals surface area contributed by atoms with Crippen LogP contribution in [0.5, 0.6) is 0 Å². The Morgan fingerprint density at radius 3 is 2.72 bits per heavy atom. The summed E-state index contributed by atoms with van der Waals surface area (Å²) in [7, 11) is 1.94. The molecule has 134 valence electrons. The minimum atomic E-state index is 0.466. The summed E-state index contributed by atoms with van der Waals surface area (Å²) in [5, 5.41) is 15.5. The van der Waals surface area contributed by atoms with Gasteiger partial charge in [-0.1, -0.05) is 17.7 Å². The molecule has 8 heteroatoms.